The molecule has 0 amide bonds. The van der Waals surface area contributed by atoms with Gasteiger partial charge in [0, 0.05) is 6.07 Å². The highest BCUT2D eigenvalue weighted by molar-refractivity contribution is 7.90. The van der Waals surface area contributed by atoms with Crippen molar-refractivity contribution in [3.63, 3.8) is 0 Å². The van der Waals surface area contributed by atoms with Crippen molar-refractivity contribution in [2.75, 3.05) is 0 Å². The van der Waals surface area contributed by atoms with E-state index in [4.69, 9.17) is 11.6 Å². The van der Waals surface area contributed by atoms with Crippen LogP contribution >= 0.6 is 11.6 Å². The summed E-state index contributed by atoms with van der Waals surface area (Å²) >= 11 is 5.61. The minimum absolute atomic E-state index is 0.0413. The number of nitro groups is 1. The Labute approximate surface area is 108 Å². The molecule has 0 bridgehead atoms. The lowest BCUT2D eigenvalue weighted by Gasteiger charge is -2.03. The topological polar surface area (TPSA) is 82.2 Å². The van der Waals surface area contributed by atoms with Gasteiger partial charge in [-0.2, -0.15) is 8.42 Å². The van der Waals surface area contributed by atoms with Crippen molar-refractivity contribution in [2.45, 2.75) is 4.90 Å². The van der Waals surface area contributed by atoms with Crippen molar-refractivity contribution in [2.24, 2.45) is 0 Å². The average Bonchev–Trinajstić information content (AvgIpc) is 2.73. The zero-order valence-corrected chi connectivity index (χ0v) is 10.4. The van der Waals surface area contributed by atoms with Gasteiger partial charge in [0.15, 0.2) is 0 Å². The molecule has 94 valence electrons. The van der Waals surface area contributed by atoms with Crippen LogP contribution in [0.1, 0.15) is 0 Å². The normalized spacial score (nSPS) is 11.4. The molecule has 8 heteroatoms. The third kappa shape index (κ3) is 1.98. The van der Waals surface area contributed by atoms with Crippen LogP contribution in [0.5, 0.6) is 0 Å². The predicted octanol–water partition coefficient (Wildman–Crippen LogP) is 2.29. The Bertz CT molecular complexity index is 694. The molecule has 18 heavy (non-hydrogen) atoms. The highest BCUT2D eigenvalue weighted by Gasteiger charge is 2.30. The van der Waals surface area contributed by atoms with Crippen LogP contribution in [-0.4, -0.2) is 17.3 Å². The predicted molar refractivity (Wildman–Crippen MR) is 65.1 cm³/mol. The van der Waals surface area contributed by atoms with Gasteiger partial charge >= 0.3 is 15.8 Å². The van der Waals surface area contributed by atoms with Crippen LogP contribution in [0.2, 0.25) is 5.02 Å². The number of hydrogen-bond donors (Lipinski definition) is 0. The van der Waals surface area contributed by atoms with Crippen LogP contribution in [0.15, 0.2) is 47.5 Å². The monoisotopic (exact) mass is 286 g/mol. The van der Waals surface area contributed by atoms with E-state index in [-0.39, 0.29) is 9.92 Å². The first kappa shape index (κ1) is 12.6. The molecule has 0 aliphatic rings. The average molecular weight is 287 g/mol. The fourth-order valence-corrected chi connectivity index (χ4v) is 3.06. The smallest absolute Gasteiger partial charge is 0.357 e. The van der Waals surface area contributed by atoms with Crippen LogP contribution in [-0.2, 0) is 10.0 Å². The number of rotatable bonds is 3. The fraction of sp³-hybridized carbons (Fsp3) is 0. The number of benzene rings is 1. The standard InChI is InChI=1S/C10H7ClN2O4S/c11-9-6-7-12(10(9)13(14)15)18(16,17)8-4-2-1-3-5-8/h1-7H. The first-order chi connectivity index (χ1) is 8.44. The van der Waals surface area contributed by atoms with Gasteiger partial charge in [-0.25, -0.2) is 0 Å². The van der Waals surface area contributed by atoms with Crippen LogP contribution in [0.4, 0.5) is 5.82 Å². The zero-order valence-electron chi connectivity index (χ0n) is 8.86. The molecule has 1 heterocycles. The highest BCUT2D eigenvalue weighted by Crippen LogP contribution is 2.29. The molecule has 2 aromatic rings. The van der Waals surface area contributed by atoms with E-state index in [0.29, 0.717) is 3.97 Å². The van der Waals surface area contributed by atoms with Crippen molar-refractivity contribution in [1.29, 1.82) is 0 Å². The Kier molecular flexibility index (Phi) is 3.10. The summed E-state index contributed by atoms with van der Waals surface area (Å²) < 4.78 is 24.9. The van der Waals surface area contributed by atoms with Gasteiger partial charge in [0.2, 0.25) is 0 Å². The van der Waals surface area contributed by atoms with E-state index >= 15 is 0 Å². The maximum Gasteiger partial charge on any atom is 0.357 e. The molecule has 0 spiro atoms. The molecule has 0 saturated carbocycles. The van der Waals surface area contributed by atoms with E-state index in [1.54, 1.807) is 6.07 Å². The fourth-order valence-electron chi connectivity index (χ4n) is 1.45. The zero-order chi connectivity index (χ0) is 13.3. The Morgan fingerprint density at radius 1 is 1.17 bits per heavy atom. The van der Waals surface area contributed by atoms with Gasteiger partial charge in [-0.1, -0.05) is 29.8 Å². The van der Waals surface area contributed by atoms with Crippen molar-refractivity contribution in [3.05, 3.63) is 57.7 Å². The van der Waals surface area contributed by atoms with E-state index in [1.807, 2.05) is 0 Å². The Morgan fingerprint density at radius 2 is 1.78 bits per heavy atom. The highest BCUT2D eigenvalue weighted by atomic mass is 35.5. The number of halogens is 1. The Balaban J connectivity index is 2.67. The molecule has 6 nitrogen and oxygen atoms in total. The van der Waals surface area contributed by atoms with E-state index in [1.165, 1.54) is 30.3 Å². The third-order valence-electron chi connectivity index (χ3n) is 2.25. The van der Waals surface area contributed by atoms with Crippen LogP contribution in [0, 0.1) is 10.1 Å². The van der Waals surface area contributed by atoms with Gasteiger partial charge < -0.3 is 10.1 Å². The molecule has 1 aromatic heterocycles. The maximum atomic E-state index is 12.2. The van der Waals surface area contributed by atoms with Crippen LogP contribution in [0.25, 0.3) is 0 Å². The quantitative estimate of drug-likeness (QED) is 0.640. The molecule has 0 saturated heterocycles. The first-order valence-electron chi connectivity index (χ1n) is 4.76. The molecule has 2 rings (SSSR count). The van der Waals surface area contributed by atoms with E-state index in [2.05, 4.69) is 0 Å². The van der Waals surface area contributed by atoms with Gasteiger partial charge in [-0.15, -0.1) is 3.97 Å². The van der Waals surface area contributed by atoms with Gasteiger partial charge in [-0.05, 0) is 17.1 Å². The first-order valence-corrected chi connectivity index (χ1v) is 6.58. The third-order valence-corrected chi connectivity index (χ3v) is 4.23. The lowest BCUT2D eigenvalue weighted by atomic mass is 10.4. The minimum atomic E-state index is -4.00. The molecule has 0 atom stereocenters. The van der Waals surface area contributed by atoms with E-state index in [9.17, 15) is 18.5 Å². The van der Waals surface area contributed by atoms with E-state index in [0.717, 1.165) is 6.20 Å². The molecule has 1 aromatic carbocycles. The lowest BCUT2D eigenvalue weighted by molar-refractivity contribution is -0.390. The summed E-state index contributed by atoms with van der Waals surface area (Å²) in [6, 6.07) is 8.59. The molecule has 0 N–H and O–H groups in total. The van der Waals surface area contributed by atoms with Gasteiger partial charge in [-0.3, -0.25) is 0 Å². The second kappa shape index (κ2) is 4.43. The summed E-state index contributed by atoms with van der Waals surface area (Å²) in [6.45, 7) is 0. The number of aromatic nitrogens is 1. The van der Waals surface area contributed by atoms with Gasteiger partial charge in [0.25, 0.3) is 0 Å². The molecule has 0 fully saturated rings. The SMILES string of the molecule is O=[N+]([O-])c1c(Cl)ccn1S(=O)(=O)c1ccccc1. The molecule has 0 unspecified atom stereocenters. The molecular formula is C10H7ClN2O4S. The largest absolute Gasteiger partial charge is 0.358 e. The second-order valence-electron chi connectivity index (χ2n) is 3.36. The minimum Gasteiger partial charge on any atom is -0.358 e. The Hall–Kier alpha value is -1.86. The molecule has 0 aliphatic heterocycles. The number of hydrogen-bond acceptors (Lipinski definition) is 4. The van der Waals surface area contributed by atoms with Crippen LogP contribution in [0.3, 0.4) is 0 Å². The van der Waals surface area contributed by atoms with Gasteiger partial charge in [0.05, 0.1) is 0 Å². The van der Waals surface area contributed by atoms with Crippen molar-refractivity contribution < 1.29 is 13.3 Å². The molecule has 0 aliphatic carbocycles. The summed E-state index contributed by atoms with van der Waals surface area (Å²) in [5.41, 5.74) is 0. The summed E-state index contributed by atoms with van der Waals surface area (Å²) in [7, 11) is -4.00. The summed E-state index contributed by atoms with van der Waals surface area (Å²) in [4.78, 5) is 9.95. The summed E-state index contributed by atoms with van der Waals surface area (Å²) in [5, 5.41) is 10.6. The van der Waals surface area contributed by atoms with Gasteiger partial charge in [0.1, 0.15) is 16.1 Å². The van der Waals surface area contributed by atoms with E-state index < -0.39 is 20.8 Å². The van der Waals surface area contributed by atoms with Crippen molar-refractivity contribution in [3.8, 4) is 0 Å². The summed E-state index contributed by atoms with van der Waals surface area (Å²) in [5.74, 6) is -0.666. The molecular weight excluding hydrogens is 280 g/mol. The maximum absolute atomic E-state index is 12.2. The lowest BCUT2D eigenvalue weighted by Crippen LogP contribution is -2.14. The van der Waals surface area contributed by atoms with Crippen molar-refractivity contribution >= 4 is 27.4 Å². The van der Waals surface area contributed by atoms with Crippen molar-refractivity contribution in [1.82, 2.24) is 3.97 Å². The van der Waals surface area contributed by atoms with Crippen LogP contribution < -0.4 is 0 Å². The second-order valence-corrected chi connectivity index (χ2v) is 5.58. The molecule has 0 radical (unpaired) electrons. The summed E-state index contributed by atoms with van der Waals surface area (Å²) in [6.07, 6.45) is 1.06. The number of nitrogens with zero attached hydrogens (tertiary/aromatic N) is 2. The Morgan fingerprint density at radius 3 is 2.33 bits per heavy atom.